The molecule has 0 saturated heterocycles. The van der Waals surface area contributed by atoms with Crippen molar-refractivity contribution in [1.29, 1.82) is 0 Å². The molecule has 1 fully saturated rings. The van der Waals surface area contributed by atoms with Gasteiger partial charge in [0.25, 0.3) is 0 Å². The first kappa shape index (κ1) is 14.5. The van der Waals surface area contributed by atoms with Crippen LogP contribution in [0.3, 0.4) is 0 Å². The van der Waals surface area contributed by atoms with Crippen LogP contribution < -0.4 is 15.2 Å². The number of hydrogen-bond donors (Lipinski definition) is 1. The van der Waals surface area contributed by atoms with Crippen LogP contribution in [0.4, 0.5) is 0 Å². The van der Waals surface area contributed by atoms with Crippen LogP contribution in [-0.2, 0) is 11.8 Å². The molecule has 0 aliphatic heterocycles. The average molecular weight is 284 g/mol. The molecule has 0 aromatic heterocycles. The molecule has 1 aliphatic carbocycles. The van der Waals surface area contributed by atoms with E-state index in [0.29, 0.717) is 16.5 Å². The molecule has 2 N–H and O–H groups in total. The molecule has 0 spiro atoms. The lowest BCUT2D eigenvalue weighted by molar-refractivity contribution is 0.353. The standard InChI is InChI=1S/C15H22ClNO2/c1-5-10-11(15(6-7-15)9(2)17)8-12(18-3)14(19-4)13(10)16/h8-9H,5-7,17H2,1-4H3. The third-order valence-electron chi connectivity index (χ3n) is 4.26. The van der Waals surface area contributed by atoms with Crippen molar-refractivity contribution in [2.45, 2.75) is 44.6 Å². The second-order valence-corrected chi connectivity index (χ2v) is 5.63. The predicted octanol–water partition coefficient (Wildman–Crippen LogP) is 3.30. The molecule has 2 rings (SSSR count). The number of rotatable bonds is 5. The molecule has 3 nitrogen and oxygen atoms in total. The van der Waals surface area contributed by atoms with Crippen LogP contribution in [0.1, 0.15) is 37.8 Å². The lowest BCUT2D eigenvalue weighted by Crippen LogP contribution is -2.32. The minimum absolute atomic E-state index is 0.0640. The number of methoxy groups -OCH3 is 2. The summed E-state index contributed by atoms with van der Waals surface area (Å²) in [4.78, 5) is 0. The molecule has 4 heteroatoms. The minimum Gasteiger partial charge on any atom is -0.493 e. The third kappa shape index (κ3) is 2.19. The molecule has 1 unspecified atom stereocenters. The van der Waals surface area contributed by atoms with Crippen LogP contribution in [0, 0.1) is 0 Å². The molecule has 1 aromatic carbocycles. The van der Waals surface area contributed by atoms with Crippen molar-refractivity contribution in [3.63, 3.8) is 0 Å². The van der Waals surface area contributed by atoms with Crippen LogP contribution in [0.2, 0.25) is 5.02 Å². The van der Waals surface area contributed by atoms with Gasteiger partial charge in [0.05, 0.1) is 19.2 Å². The van der Waals surface area contributed by atoms with Gasteiger partial charge in [0.15, 0.2) is 11.5 Å². The van der Waals surface area contributed by atoms with Gasteiger partial charge in [-0.25, -0.2) is 0 Å². The van der Waals surface area contributed by atoms with E-state index in [1.165, 1.54) is 5.56 Å². The molecule has 1 aromatic rings. The fourth-order valence-corrected chi connectivity index (χ4v) is 3.29. The highest BCUT2D eigenvalue weighted by atomic mass is 35.5. The zero-order valence-electron chi connectivity index (χ0n) is 12.0. The Kier molecular flexibility index (Phi) is 3.98. The molecule has 0 heterocycles. The molecule has 106 valence electrons. The van der Waals surface area contributed by atoms with E-state index in [4.69, 9.17) is 26.8 Å². The van der Waals surface area contributed by atoms with E-state index in [9.17, 15) is 0 Å². The van der Waals surface area contributed by atoms with E-state index < -0.39 is 0 Å². The Morgan fingerprint density at radius 3 is 2.37 bits per heavy atom. The van der Waals surface area contributed by atoms with Crippen molar-refractivity contribution in [3.8, 4) is 11.5 Å². The predicted molar refractivity (Wildman–Crippen MR) is 78.5 cm³/mol. The lowest BCUT2D eigenvalue weighted by atomic mass is 9.85. The van der Waals surface area contributed by atoms with Gasteiger partial charge in [-0.3, -0.25) is 0 Å². The van der Waals surface area contributed by atoms with Gasteiger partial charge in [-0.15, -0.1) is 0 Å². The zero-order valence-corrected chi connectivity index (χ0v) is 12.8. The summed E-state index contributed by atoms with van der Waals surface area (Å²) in [6.45, 7) is 4.17. The van der Waals surface area contributed by atoms with E-state index in [2.05, 4.69) is 19.9 Å². The van der Waals surface area contributed by atoms with Crippen molar-refractivity contribution < 1.29 is 9.47 Å². The van der Waals surface area contributed by atoms with Crippen LogP contribution in [0.15, 0.2) is 6.07 Å². The maximum atomic E-state index is 6.49. The third-order valence-corrected chi connectivity index (χ3v) is 4.66. The fraction of sp³-hybridized carbons (Fsp3) is 0.600. The molecule has 1 aliphatic rings. The van der Waals surface area contributed by atoms with Crippen LogP contribution in [-0.4, -0.2) is 20.3 Å². The largest absolute Gasteiger partial charge is 0.493 e. The summed E-state index contributed by atoms with van der Waals surface area (Å²) < 4.78 is 10.8. The van der Waals surface area contributed by atoms with Gasteiger partial charge in [0.1, 0.15) is 0 Å². The van der Waals surface area contributed by atoms with Crippen molar-refractivity contribution in [2.24, 2.45) is 5.73 Å². The normalized spacial score (nSPS) is 18.0. The fourth-order valence-electron chi connectivity index (χ4n) is 2.88. The topological polar surface area (TPSA) is 44.5 Å². The van der Waals surface area contributed by atoms with Gasteiger partial charge >= 0.3 is 0 Å². The van der Waals surface area contributed by atoms with Gasteiger partial charge in [0, 0.05) is 11.5 Å². The SMILES string of the molecule is CCc1c(C2(C(C)N)CC2)cc(OC)c(OC)c1Cl. The Hall–Kier alpha value is -0.930. The Bertz CT molecular complexity index is 482. The van der Waals surface area contributed by atoms with Crippen LogP contribution in [0.5, 0.6) is 11.5 Å². The monoisotopic (exact) mass is 283 g/mol. The number of ether oxygens (including phenoxy) is 2. The molecule has 0 bridgehead atoms. The summed E-state index contributed by atoms with van der Waals surface area (Å²) in [5, 5.41) is 0.659. The molecule has 1 saturated carbocycles. The smallest absolute Gasteiger partial charge is 0.179 e. The second-order valence-electron chi connectivity index (χ2n) is 5.25. The number of hydrogen-bond acceptors (Lipinski definition) is 3. The Balaban J connectivity index is 2.64. The van der Waals surface area contributed by atoms with Crippen molar-refractivity contribution in [2.75, 3.05) is 14.2 Å². The first-order valence-corrected chi connectivity index (χ1v) is 7.09. The first-order valence-electron chi connectivity index (χ1n) is 6.71. The second kappa shape index (κ2) is 5.22. The van der Waals surface area contributed by atoms with Gasteiger partial charge in [0.2, 0.25) is 0 Å². The van der Waals surface area contributed by atoms with Crippen LogP contribution >= 0.6 is 11.6 Å². The highest BCUT2D eigenvalue weighted by molar-refractivity contribution is 6.33. The van der Waals surface area contributed by atoms with E-state index >= 15 is 0 Å². The number of halogens is 1. The van der Waals surface area contributed by atoms with Gasteiger partial charge in [-0.1, -0.05) is 18.5 Å². The van der Waals surface area contributed by atoms with Crippen LogP contribution in [0.25, 0.3) is 0 Å². The quantitative estimate of drug-likeness (QED) is 0.902. The van der Waals surface area contributed by atoms with Crippen molar-refractivity contribution in [1.82, 2.24) is 0 Å². The summed E-state index contributed by atoms with van der Waals surface area (Å²) in [6.07, 6.45) is 3.09. The zero-order chi connectivity index (χ0) is 14.2. The maximum Gasteiger partial charge on any atom is 0.179 e. The molecular formula is C15H22ClNO2. The van der Waals surface area contributed by atoms with E-state index in [1.807, 2.05) is 0 Å². The molecule has 19 heavy (non-hydrogen) atoms. The average Bonchev–Trinajstić information content (AvgIpc) is 3.18. The van der Waals surface area contributed by atoms with Gasteiger partial charge in [-0.05, 0) is 43.4 Å². The summed E-state index contributed by atoms with van der Waals surface area (Å²) in [6, 6.07) is 2.17. The Morgan fingerprint density at radius 2 is 2.00 bits per heavy atom. The number of nitrogens with two attached hydrogens (primary N) is 1. The van der Waals surface area contributed by atoms with Gasteiger partial charge in [-0.2, -0.15) is 0 Å². The summed E-state index contributed by atoms with van der Waals surface area (Å²) in [5.41, 5.74) is 8.61. The number of benzene rings is 1. The first-order chi connectivity index (χ1) is 9.01. The molecule has 0 amide bonds. The maximum absolute atomic E-state index is 6.49. The molecule has 1 atom stereocenters. The Morgan fingerprint density at radius 1 is 1.37 bits per heavy atom. The Labute approximate surface area is 120 Å². The summed E-state index contributed by atoms with van der Waals surface area (Å²) in [5.74, 6) is 1.30. The molecular weight excluding hydrogens is 262 g/mol. The van der Waals surface area contributed by atoms with E-state index in [0.717, 1.165) is 24.8 Å². The highest BCUT2D eigenvalue weighted by Crippen LogP contribution is 2.55. The lowest BCUT2D eigenvalue weighted by Gasteiger charge is -2.25. The van der Waals surface area contributed by atoms with Crippen molar-refractivity contribution >= 4 is 11.6 Å². The van der Waals surface area contributed by atoms with E-state index in [-0.39, 0.29) is 11.5 Å². The summed E-state index contributed by atoms with van der Waals surface area (Å²) >= 11 is 6.49. The summed E-state index contributed by atoms with van der Waals surface area (Å²) in [7, 11) is 3.25. The minimum atomic E-state index is 0.0640. The van der Waals surface area contributed by atoms with Gasteiger partial charge < -0.3 is 15.2 Å². The highest BCUT2D eigenvalue weighted by Gasteiger charge is 2.49. The molecule has 0 radical (unpaired) electrons. The van der Waals surface area contributed by atoms with Crippen molar-refractivity contribution in [3.05, 3.63) is 22.2 Å². The van der Waals surface area contributed by atoms with E-state index in [1.54, 1.807) is 14.2 Å².